The summed E-state index contributed by atoms with van der Waals surface area (Å²) in [6.07, 6.45) is 13.3. The summed E-state index contributed by atoms with van der Waals surface area (Å²) in [5, 5.41) is 0. The van der Waals surface area contributed by atoms with Crippen molar-refractivity contribution in [1.82, 2.24) is 0 Å². The van der Waals surface area contributed by atoms with Gasteiger partial charge >= 0.3 is 0 Å². The van der Waals surface area contributed by atoms with Crippen LogP contribution in [0.25, 0.3) is 0 Å². The molecule has 0 bridgehead atoms. The van der Waals surface area contributed by atoms with Gasteiger partial charge in [-0.1, -0.05) is 41.5 Å². The molecule has 2 fully saturated rings. The number of hydrogen-bond donors (Lipinski definition) is 0. The third-order valence-corrected chi connectivity index (χ3v) is 5.08. The lowest BCUT2D eigenvalue weighted by molar-refractivity contribution is -0.133. The minimum atomic E-state index is 0.400. The predicted octanol–water partition coefficient (Wildman–Crippen LogP) is 4.89. The number of carbonyl (C=O) groups excluding carboxylic acids is 1. The van der Waals surface area contributed by atoms with E-state index >= 15 is 0 Å². The average molecular weight is 346 g/mol. The van der Waals surface area contributed by atoms with Crippen LogP contribution in [0.15, 0.2) is 10.2 Å². The highest BCUT2D eigenvalue weighted by Gasteiger charge is 2.38. The maximum absolute atomic E-state index is 12.4. The first-order valence-electron chi connectivity index (χ1n) is 7.12. The largest absolute Gasteiger partial charge is 0.299 e. The maximum Gasteiger partial charge on any atom is 0.139 e. The topological polar surface area (TPSA) is 17.1 Å². The van der Waals surface area contributed by atoms with Crippen molar-refractivity contribution in [3.63, 3.8) is 0 Å². The fourth-order valence-electron chi connectivity index (χ4n) is 3.62. The van der Waals surface area contributed by atoms with Crippen molar-refractivity contribution in [1.29, 1.82) is 0 Å². The average Bonchev–Trinajstić information content (AvgIpc) is 2.37. The van der Waals surface area contributed by atoms with Crippen LogP contribution < -0.4 is 0 Å². The molecule has 0 N–H and O–H groups in total. The molecule has 0 radical (unpaired) electrons. The Hall–Kier alpha value is 0.140. The monoisotopic (exact) mass is 346 g/mol. The zero-order valence-electron chi connectivity index (χ0n) is 10.5. The van der Waals surface area contributed by atoms with Crippen molar-refractivity contribution in [2.75, 3.05) is 0 Å². The van der Waals surface area contributed by atoms with E-state index in [9.17, 15) is 4.79 Å². The van der Waals surface area contributed by atoms with Crippen LogP contribution in [-0.2, 0) is 4.79 Å². The van der Waals surface area contributed by atoms with E-state index in [1.54, 1.807) is 0 Å². The molecule has 2 rings (SSSR count). The Bertz CT molecular complexity index is 285. The van der Waals surface area contributed by atoms with Gasteiger partial charge in [-0.2, -0.15) is 0 Å². The van der Waals surface area contributed by atoms with E-state index in [1.807, 2.05) is 0 Å². The summed E-state index contributed by atoms with van der Waals surface area (Å²) in [4.78, 5) is 12.4. The Morgan fingerprint density at radius 2 is 2.00 bits per heavy atom. The van der Waals surface area contributed by atoms with E-state index in [0.29, 0.717) is 17.6 Å². The van der Waals surface area contributed by atoms with E-state index < -0.39 is 0 Å². The molecule has 0 heterocycles. The third-order valence-electron chi connectivity index (χ3n) is 4.58. The number of Topliss-reactive ketones (excluding diaryl/α,β-unsaturated/α-hetero) is 1. The highest BCUT2D eigenvalue weighted by atomic mass is 127. The Morgan fingerprint density at radius 3 is 2.82 bits per heavy atom. The fourth-order valence-corrected chi connectivity index (χ4v) is 3.98. The lowest BCUT2D eigenvalue weighted by Crippen LogP contribution is -2.36. The van der Waals surface area contributed by atoms with Gasteiger partial charge in [0.2, 0.25) is 0 Å². The second-order valence-corrected chi connectivity index (χ2v) is 6.34. The van der Waals surface area contributed by atoms with Crippen LogP contribution in [0.1, 0.15) is 57.8 Å². The molecule has 0 aromatic rings. The molecule has 0 amide bonds. The maximum atomic E-state index is 12.4. The second kappa shape index (κ2) is 6.91. The molecule has 1 nitrogen and oxygen atoms in total. The SMILES string of the molecule is O=C1C(CCC/C=C\I)CCC2CCCCC12. The third kappa shape index (κ3) is 3.55. The number of unbranched alkanes of at least 4 members (excludes halogenated alkanes) is 1. The van der Waals surface area contributed by atoms with E-state index in [4.69, 9.17) is 0 Å². The van der Waals surface area contributed by atoms with E-state index in [2.05, 4.69) is 32.7 Å². The molecule has 2 aliphatic carbocycles. The zero-order chi connectivity index (χ0) is 12.1. The van der Waals surface area contributed by atoms with Gasteiger partial charge in [-0.05, 0) is 54.9 Å². The Balaban J connectivity index is 1.82. The first-order chi connectivity index (χ1) is 8.33. The van der Waals surface area contributed by atoms with Gasteiger partial charge in [0.05, 0.1) is 0 Å². The van der Waals surface area contributed by atoms with Crippen LogP contribution in [0.3, 0.4) is 0 Å². The molecule has 2 saturated carbocycles. The van der Waals surface area contributed by atoms with Gasteiger partial charge in [0, 0.05) is 11.8 Å². The molecular weight excluding hydrogens is 323 g/mol. The quantitative estimate of drug-likeness (QED) is 0.523. The summed E-state index contributed by atoms with van der Waals surface area (Å²) in [6.45, 7) is 0. The van der Waals surface area contributed by atoms with Crippen LogP contribution >= 0.6 is 22.6 Å². The van der Waals surface area contributed by atoms with E-state index in [1.165, 1.54) is 44.9 Å². The predicted molar refractivity (Wildman–Crippen MR) is 80.2 cm³/mol. The highest BCUT2D eigenvalue weighted by molar-refractivity contribution is 14.1. The lowest BCUT2D eigenvalue weighted by atomic mass is 9.66. The molecule has 0 aromatic heterocycles. The molecule has 0 spiro atoms. The number of allylic oxidation sites excluding steroid dienone is 1. The van der Waals surface area contributed by atoms with Gasteiger partial charge < -0.3 is 0 Å². The van der Waals surface area contributed by atoms with E-state index in [0.717, 1.165) is 18.8 Å². The number of halogens is 1. The Labute approximate surface area is 119 Å². The van der Waals surface area contributed by atoms with E-state index in [-0.39, 0.29) is 0 Å². The number of hydrogen-bond acceptors (Lipinski definition) is 1. The smallest absolute Gasteiger partial charge is 0.139 e. The molecule has 0 aliphatic heterocycles. The summed E-state index contributed by atoms with van der Waals surface area (Å²) in [5.41, 5.74) is 0. The van der Waals surface area contributed by atoms with Crippen molar-refractivity contribution in [2.45, 2.75) is 57.8 Å². The van der Waals surface area contributed by atoms with Crippen molar-refractivity contribution in [3.05, 3.63) is 10.2 Å². The minimum Gasteiger partial charge on any atom is -0.299 e. The Kier molecular flexibility index (Phi) is 5.51. The van der Waals surface area contributed by atoms with Gasteiger partial charge in [0.15, 0.2) is 0 Å². The van der Waals surface area contributed by atoms with Gasteiger partial charge in [-0.25, -0.2) is 0 Å². The number of ketones is 1. The normalized spacial score (nSPS) is 33.9. The zero-order valence-corrected chi connectivity index (χ0v) is 12.7. The summed E-state index contributed by atoms with van der Waals surface area (Å²) in [7, 11) is 0. The molecule has 17 heavy (non-hydrogen) atoms. The van der Waals surface area contributed by atoms with Crippen LogP contribution in [0.4, 0.5) is 0 Å². The van der Waals surface area contributed by atoms with Crippen LogP contribution in [0.5, 0.6) is 0 Å². The summed E-state index contributed by atoms with van der Waals surface area (Å²) in [5.74, 6) is 2.22. The molecular formula is C15H23IO. The summed E-state index contributed by atoms with van der Waals surface area (Å²) in [6, 6.07) is 0. The van der Waals surface area contributed by atoms with Crippen molar-refractivity contribution < 1.29 is 4.79 Å². The number of rotatable bonds is 4. The molecule has 3 unspecified atom stereocenters. The van der Waals surface area contributed by atoms with Crippen molar-refractivity contribution in [3.8, 4) is 0 Å². The molecule has 96 valence electrons. The van der Waals surface area contributed by atoms with Gasteiger partial charge in [0.1, 0.15) is 5.78 Å². The Morgan fingerprint density at radius 1 is 1.18 bits per heavy atom. The highest BCUT2D eigenvalue weighted by Crippen LogP contribution is 2.41. The summed E-state index contributed by atoms with van der Waals surface area (Å²) >= 11 is 2.26. The molecule has 2 heteroatoms. The number of fused-ring (bicyclic) bond motifs is 1. The molecule has 2 aliphatic rings. The first kappa shape index (κ1) is 13.6. The standard InChI is InChI=1S/C15H23IO/c16-11-5-1-2-7-13-10-9-12-6-3-4-8-14(12)15(13)17/h5,11-14H,1-4,6-10H2/b11-5-. The van der Waals surface area contributed by atoms with Crippen LogP contribution in [0, 0.1) is 17.8 Å². The minimum absolute atomic E-state index is 0.400. The molecule has 0 aromatic carbocycles. The van der Waals surface area contributed by atoms with Crippen molar-refractivity contribution in [2.24, 2.45) is 17.8 Å². The molecule has 0 saturated heterocycles. The van der Waals surface area contributed by atoms with Gasteiger partial charge in [-0.3, -0.25) is 4.79 Å². The van der Waals surface area contributed by atoms with Crippen LogP contribution in [-0.4, -0.2) is 5.78 Å². The van der Waals surface area contributed by atoms with Gasteiger partial charge in [-0.15, -0.1) is 0 Å². The fraction of sp³-hybridized carbons (Fsp3) is 0.800. The van der Waals surface area contributed by atoms with Crippen molar-refractivity contribution >= 4 is 28.4 Å². The van der Waals surface area contributed by atoms with Gasteiger partial charge in [0.25, 0.3) is 0 Å². The first-order valence-corrected chi connectivity index (χ1v) is 8.36. The lowest BCUT2D eigenvalue weighted by Gasteiger charge is -2.38. The molecule has 3 atom stereocenters. The van der Waals surface area contributed by atoms with Crippen LogP contribution in [0.2, 0.25) is 0 Å². The summed E-state index contributed by atoms with van der Waals surface area (Å²) < 4.78 is 2.08. The number of carbonyl (C=O) groups is 1. The second-order valence-electron chi connectivity index (χ2n) is 5.62.